The molecule has 154 valence electrons. The van der Waals surface area contributed by atoms with Gasteiger partial charge in [0.15, 0.2) is 11.5 Å². The van der Waals surface area contributed by atoms with Gasteiger partial charge in [0.2, 0.25) is 5.91 Å². The minimum Gasteiger partial charge on any atom is -0.493 e. The fraction of sp³-hybridized carbons (Fsp3) is 0.318. The van der Waals surface area contributed by atoms with Crippen molar-refractivity contribution in [2.45, 2.75) is 13.2 Å². The maximum Gasteiger partial charge on any atom is 0.387 e. The van der Waals surface area contributed by atoms with Crippen LogP contribution in [0, 0.1) is 0 Å². The topological polar surface area (TPSA) is 42.0 Å². The van der Waals surface area contributed by atoms with Crippen molar-refractivity contribution in [3.05, 3.63) is 65.7 Å². The zero-order chi connectivity index (χ0) is 20.6. The standard InChI is InChI=1S/C22H24F2N2O3/c1-28-20-15-17(7-9-19(20)29-22(23)24)8-10-21(27)26-13-11-25(12-14-26)16-18-5-3-2-4-6-18/h2-10,15,22H,11-14,16H2,1H3/b10-8+. The molecule has 0 unspecified atom stereocenters. The second-order valence-electron chi connectivity index (χ2n) is 6.71. The van der Waals surface area contributed by atoms with Gasteiger partial charge in [-0.1, -0.05) is 36.4 Å². The van der Waals surface area contributed by atoms with E-state index in [1.165, 1.54) is 24.8 Å². The smallest absolute Gasteiger partial charge is 0.387 e. The first-order chi connectivity index (χ1) is 14.0. The predicted molar refractivity (Wildman–Crippen MR) is 107 cm³/mol. The quantitative estimate of drug-likeness (QED) is 0.663. The molecule has 1 aliphatic rings. The van der Waals surface area contributed by atoms with Gasteiger partial charge in [-0.25, -0.2) is 0 Å². The van der Waals surface area contributed by atoms with Crippen molar-refractivity contribution in [1.29, 1.82) is 0 Å². The molecule has 1 fully saturated rings. The van der Waals surface area contributed by atoms with Gasteiger partial charge >= 0.3 is 6.61 Å². The zero-order valence-corrected chi connectivity index (χ0v) is 16.3. The van der Waals surface area contributed by atoms with E-state index in [1.54, 1.807) is 18.2 Å². The Balaban J connectivity index is 1.53. The second kappa shape index (κ2) is 10.0. The molecule has 0 saturated carbocycles. The summed E-state index contributed by atoms with van der Waals surface area (Å²) in [7, 11) is 1.38. The number of halogens is 2. The molecule has 2 aromatic carbocycles. The minimum absolute atomic E-state index is 0.0412. The average Bonchev–Trinajstić information content (AvgIpc) is 2.73. The monoisotopic (exact) mass is 402 g/mol. The molecular weight excluding hydrogens is 378 g/mol. The van der Waals surface area contributed by atoms with E-state index >= 15 is 0 Å². The van der Waals surface area contributed by atoms with Crippen LogP contribution < -0.4 is 9.47 Å². The molecule has 7 heteroatoms. The summed E-state index contributed by atoms with van der Waals surface area (Å²) in [5, 5.41) is 0. The molecule has 5 nitrogen and oxygen atoms in total. The number of rotatable bonds is 7. The molecule has 0 N–H and O–H groups in total. The molecule has 0 spiro atoms. The van der Waals surface area contributed by atoms with Gasteiger partial charge < -0.3 is 14.4 Å². The lowest BCUT2D eigenvalue weighted by molar-refractivity contribution is -0.127. The summed E-state index contributed by atoms with van der Waals surface area (Å²) in [4.78, 5) is 16.6. The maximum atomic E-state index is 12.5. The van der Waals surface area contributed by atoms with Crippen molar-refractivity contribution < 1.29 is 23.0 Å². The summed E-state index contributed by atoms with van der Waals surface area (Å²) in [6.45, 7) is 0.934. The fourth-order valence-corrected chi connectivity index (χ4v) is 3.22. The summed E-state index contributed by atoms with van der Waals surface area (Å²) in [5.41, 5.74) is 1.93. The largest absolute Gasteiger partial charge is 0.493 e. The summed E-state index contributed by atoms with van der Waals surface area (Å²) in [6.07, 6.45) is 3.14. The van der Waals surface area contributed by atoms with Crippen LogP contribution in [0.15, 0.2) is 54.6 Å². The van der Waals surface area contributed by atoms with Crippen LogP contribution in [0.4, 0.5) is 8.78 Å². The average molecular weight is 402 g/mol. The lowest BCUT2D eigenvalue weighted by Gasteiger charge is -2.34. The number of methoxy groups -OCH3 is 1. The number of piperazine rings is 1. The number of carbonyl (C=O) groups is 1. The summed E-state index contributed by atoms with van der Waals surface area (Å²) < 4.78 is 34.3. The second-order valence-corrected chi connectivity index (χ2v) is 6.71. The van der Waals surface area contributed by atoms with Gasteiger partial charge in [0.1, 0.15) is 0 Å². The van der Waals surface area contributed by atoms with E-state index in [4.69, 9.17) is 4.74 Å². The highest BCUT2D eigenvalue weighted by Gasteiger charge is 2.19. The van der Waals surface area contributed by atoms with E-state index in [2.05, 4.69) is 21.8 Å². The normalized spacial score (nSPS) is 15.1. The van der Waals surface area contributed by atoms with Crippen LogP contribution in [-0.2, 0) is 11.3 Å². The Hall–Kier alpha value is -2.93. The Kier molecular flexibility index (Phi) is 7.19. The third kappa shape index (κ3) is 6.02. The highest BCUT2D eigenvalue weighted by molar-refractivity contribution is 5.92. The minimum atomic E-state index is -2.92. The van der Waals surface area contributed by atoms with Gasteiger partial charge in [0.05, 0.1) is 7.11 Å². The molecular formula is C22H24F2N2O3. The molecule has 0 bridgehead atoms. The van der Waals surface area contributed by atoms with Crippen LogP contribution in [-0.4, -0.2) is 55.6 Å². The summed E-state index contributed by atoms with van der Waals surface area (Å²) in [6, 6.07) is 14.8. The Morgan fingerprint density at radius 1 is 1.07 bits per heavy atom. The Bertz CT molecular complexity index is 835. The number of amides is 1. The number of hydrogen-bond donors (Lipinski definition) is 0. The molecule has 0 aromatic heterocycles. The molecule has 0 aliphatic carbocycles. The summed E-state index contributed by atoms with van der Waals surface area (Å²) in [5.74, 6) is 0.0752. The Morgan fingerprint density at radius 3 is 2.45 bits per heavy atom. The SMILES string of the molecule is COc1cc(/C=C/C(=O)N2CCN(Cc3ccccc3)CC2)ccc1OC(F)F. The van der Waals surface area contributed by atoms with Gasteiger partial charge in [0, 0.05) is 38.8 Å². The number of benzene rings is 2. The predicted octanol–water partition coefficient (Wildman–Crippen LogP) is 3.65. The van der Waals surface area contributed by atoms with Gasteiger partial charge in [0.25, 0.3) is 0 Å². The first-order valence-electron chi connectivity index (χ1n) is 9.41. The van der Waals surface area contributed by atoms with Crippen molar-refractivity contribution in [3.8, 4) is 11.5 Å². The zero-order valence-electron chi connectivity index (χ0n) is 16.3. The van der Waals surface area contributed by atoms with Crippen LogP contribution in [0.3, 0.4) is 0 Å². The molecule has 29 heavy (non-hydrogen) atoms. The molecule has 0 atom stereocenters. The van der Waals surface area contributed by atoms with Crippen molar-refractivity contribution in [1.82, 2.24) is 9.80 Å². The molecule has 0 radical (unpaired) electrons. The molecule has 1 aliphatic heterocycles. The van der Waals surface area contributed by atoms with Gasteiger partial charge in [-0.3, -0.25) is 9.69 Å². The van der Waals surface area contributed by atoms with Crippen LogP contribution >= 0.6 is 0 Å². The highest BCUT2D eigenvalue weighted by atomic mass is 19.3. The highest BCUT2D eigenvalue weighted by Crippen LogP contribution is 2.29. The number of carbonyl (C=O) groups excluding carboxylic acids is 1. The van der Waals surface area contributed by atoms with E-state index in [-0.39, 0.29) is 17.4 Å². The Morgan fingerprint density at radius 2 is 1.79 bits per heavy atom. The van der Waals surface area contributed by atoms with Crippen molar-refractivity contribution in [3.63, 3.8) is 0 Å². The van der Waals surface area contributed by atoms with Crippen molar-refractivity contribution in [2.24, 2.45) is 0 Å². The molecule has 1 amide bonds. The lowest BCUT2D eigenvalue weighted by atomic mass is 10.1. The van der Waals surface area contributed by atoms with Gasteiger partial charge in [-0.2, -0.15) is 8.78 Å². The van der Waals surface area contributed by atoms with E-state index in [0.717, 1.165) is 19.6 Å². The Labute approximate surface area is 169 Å². The first kappa shape index (κ1) is 20.8. The summed E-state index contributed by atoms with van der Waals surface area (Å²) >= 11 is 0. The number of alkyl halides is 2. The van der Waals surface area contributed by atoms with Crippen LogP contribution in [0.5, 0.6) is 11.5 Å². The van der Waals surface area contributed by atoms with Crippen LogP contribution in [0.1, 0.15) is 11.1 Å². The van der Waals surface area contributed by atoms with Crippen LogP contribution in [0.2, 0.25) is 0 Å². The van der Waals surface area contributed by atoms with Crippen LogP contribution in [0.25, 0.3) is 6.08 Å². The van der Waals surface area contributed by atoms with E-state index in [9.17, 15) is 13.6 Å². The van der Waals surface area contributed by atoms with E-state index < -0.39 is 6.61 Å². The molecule has 3 rings (SSSR count). The first-order valence-corrected chi connectivity index (χ1v) is 9.41. The van der Waals surface area contributed by atoms with Gasteiger partial charge in [-0.05, 0) is 29.3 Å². The molecule has 1 heterocycles. The number of nitrogens with zero attached hydrogens (tertiary/aromatic N) is 2. The van der Waals surface area contributed by atoms with Crippen molar-refractivity contribution >= 4 is 12.0 Å². The third-order valence-corrected chi connectivity index (χ3v) is 4.76. The molecule has 1 saturated heterocycles. The lowest BCUT2D eigenvalue weighted by Crippen LogP contribution is -2.47. The van der Waals surface area contributed by atoms with E-state index in [0.29, 0.717) is 18.7 Å². The fourth-order valence-electron chi connectivity index (χ4n) is 3.22. The third-order valence-electron chi connectivity index (χ3n) is 4.76. The van der Waals surface area contributed by atoms with Crippen molar-refractivity contribution in [2.75, 3.05) is 33.3 Å². The number of ether oxygens (including phenoxy) is 2. The maximum absolute atomic E-state index is 12.5. The van der Waals surface area contributed by atoms with Gasteiger partial charge in [-0.15, -0.1) is 0 Å². The number of hydrogen-bond acceptors (Lipinski definition) is 4. The van der Waals surface area contributed by atoms with E-state index in [1.807, 2.05) is 23.1 Å². The molecule has 2 aromatic rings.